The first-order valence-corrected chi connectivity index (χ1v) is 8.01. The van der Waals surface area contributed by atoms with Crippen LogP contribution in [0.5, 0.6) is 5.75 Å². The van der Waals surface area contributed by atoms with Crippen molar-refractivity contribution in [2.45, 2.75) is 18.9 Å². The lowest BCUT2D eigenvalue weighted by atomic mass is 10.0. The van der Waals surface area contributed by atoms with Gasteiger partial charge in [0.05, 0.1) is 6.10 Å². The Bertz CT molecular complexity index is 629. The summed E-state index contributed by atoms with van der Waals surface area (Å²) >= 11 is 0. The van der Waals surface area contributed by atoms with Gasteiger partial charge >= 0.3 is 0 Å². The molecule has 0 spiro atoms. The van der Waals surface area contributed by atoms with Crippen LogP contribution in [0.2, 0.25) is 0 Å². The zero-order valence-corrected chi connectivity index (χ0v) is 13.8. The summed E-state index contributed by atoms with van der Waals surface area (Å²) in [5, 5.41) is 13.4. The molecule has 5 nitrogen and oxygen atoms in total. The molecule has 0 saturated heterocycles. The molecule has 0 saturated carbocycles. The predicted octanol–water partition coefficient (Wildman–Crippen LogP) is 1.98. The van der Waals surface area contributed by atoms with Gasteiger partial charge in [0.15, 0.2) is 6.61 Å². The van der Waals surface area contributed by atoms with Gasteiger partial charge in [-0.25, -0.2) is 0 Å². The number of aliphatic hydroxyl groups is 1. The Hall–Kier alpha value is -2.37. The third-order valence-corrected chi connectivity index (χ3v) is 3.80. The number of carbonyl (C=O) groups is 1. The predicted molar refractivity (Wildman–Crippen MR) is 93.8 cm³/mol. The molecule has 4 N–H and O–H groups in total. The highest BCUT2D eigenvalue weighted by Crippen LogP contribution is 2.19. The molecule has 0 radical (unpaired) electrons. The van der Waals surface area contributed by atoms with Crippen LogP contribution in [0.3, 0.4) is 0 Å². The average molecular weight is 328 g/mol. The number of aliphatic hydroxyl groups excluding tert-OH is 1. The third kappa shape index (κ3) is 5.68. The molecule has 2 aromatic rings. The van der Waals surface area contributed by atoms with Crippen molar-refractivity contribution in [3.05, 3.63) is 65.7 Å². The second kappa shape index (κ2) is 9.05. The summed E-state index contributed by atoms with van der Waals surface area (Å²) in [5.74, 6) is 0.420. The lowest BCUT2D eigenvalue weighted by Gasteiger charge is -2.16. The van der Waals surface area contributed by atoms with Crippen LogP contribution in [-0.4, -0.2) is 30.7 Å². The maximum atomic E-state index is 10.7. The number of hydrogen-bond acceptors (Lipinski definition) is 4. The van der Waals surface area contributed by atoms with Gasteiger partial charge < -0.3 is 20.9 Å². The SMILES string of the molecule is CC(CNCC(O)c1ccccc1)c1ccc(OCC(N)=O)cc1. The standard InChI is InChI=1S/C19H24N2O3/c1-14(11-21-12-18(22)16-5-3-2-4-6-16)15-7-9-17(10-8-15)24-13-19(20)23/h2-10,14,18,21-22H,11-13H2,1H3,(H2,20,23). The molecule has 0 fully saturated rings. The number of carbonyl (C=O) groups excluding carboxylic acids is 1. The van der Waals surface area contributed by atoms with E-state index in [2.05, 4.69) is 12.2 Å². The van der Waals surface area contributed by atoms with E-state index < -0.39 is 12.0 Å². The molecule has 2 aromatic carbocycles. The fraction of sp³-hybridized carbons (Fsp3) is 0.316. The minimum absolute atomic E-state index is 0.117. The minimum Gasteiger partial charge on any atom is -0.484 e. The minimum atomic E-state index is -0.511. The molecule has 5 heteroatoms. The highest BCUT2D eigenvalue weighted by Gasteiger charge is 2.09. The van der Waals surface area contributed by atoms with Crippen LogP contribution >= 0.6 is 0 Å². The van der Waals surface area contributed by atoms with E-state index in [1.807, 2.05) is 54.6 Å². The maximum Gasteiger partial charge on any atom is 0.255 e. The number of benzene rings is 2. The molecule has 2 unspecified atom stereocenters. The molecule has 0 aliphatic rings. The normalized spacial score (nSPS) is 13.2. The van der Waals surface area contributed by atoms with Crippen LogP contribution < -0.4 is 15.8 Å². The van der Waals surface area contributed by atoms with Crippen LogP contribution in [0.15, 0.2) is 54.6 Å². The zero-order valence-electron chi connectivity index (χ0n) is 13.8. The van der Waals surface area contributed by atoms with Gasteiger partial charge in [0.1, 0.15) is 5.75 Å². The first-order valence-electron chi connectivity index (χ1n) is 8.01. The topological polar surface area (TPSA) is 84.6 Å². The smallest absolute Gasteiger partial charge is 0.255 e. The van der Waals surface area contributed by atoms with Gasteiger partial charge in [-0.05, 0) is 29.2 Å². The first kappa shape index (κ1) is 18.0. The molecule has 1 amide bonds. The van der Waals surface area contributed by atoms with Crippen molar-refractivity contribution in [1.82, 2.24) is 5.32 Å². The molecule has 0 aromatic heterocycles. The first-order chi connectivity index (χ1) is 11.6. The fourth-order valence-corrected chi connectivity index (χ4v) is 2.39. The molecule has 0 heterocycles. The van der Waals surface area contributed by atoms with Gasteiger partial charge in [-0.1, -0.05) is 49.4 Å². The van der Waals surface area contributed by atoms with Crippen LogP contribution in [0.25, 0.3) is 0 Å². The Morgan fingerprint density at radius 1 is 1.08 bits per heavy atom. The monoisotopic (exact) mass is 328 g/mol. The lowest BCUT2D eigenvalue weighted by molar-refractivity contribution is -0.119. The number of primary amides is 1. The van der Waals surface area contributed by atoms with Gasteiger partial charge in [0.25, 0.3) is 5.91 Å². The highest BCUT2D eigenvalue weighted by molar-refractivity contribution is 5.75. The molecule has 0 aliphatic carbocycles. The Kier molecular flexibility index (Phi) is 6.78. The summed E-state index contributed by atoms with van der Waals surface area (Å²) in [5.41, 5.74) is 7.11. The number of ether oxygens (including phenoxy) is 1. The summed E-state index contributed by atoms with van der Waals surface area (Å²) in [6.45, 7) is 3.26. The summed E-state index contributed by atoms with van der Waals surface area (Å²) < 4.78 is 5.24. The number of rotatable bonds is 9. The van der Waals surface area contributed by atoms with Crippen molar-refractivity contribution in [2.24, 2.45) is 5.73 Å². The number of nitrogens with two attached hydrogens (primary N) is 1. The number of hydrogen-bond donors (Lipinski definition) is 3. The van der Waals surface area contributed by atoms with E-state index in [-0.39, 0.29) is 12.5 Å². The van der Waals surface area contributed by atoms with E-state index in [0.29, 0.717) is 12.3 Å². The van der Waals surface area contributed by atoms with Crippen molar-refractivity contribution in [1.29, 1.82) is 0 Å². The van der Waals surface area contributed by atoms with Gasteiger partial charge in [-0.15, -0.1) is 0 Å². The van der Waals surface area contributed by atoms with Crippen molar-refractivity contribution in [3.8, 4) is 5.75 Å². The summed E-state index contributed by atoms with van der Waals surface area (Å²) in [4.78, 5) is 10.7. The van der Waals surface area contributed by atoms with Gasteiger partial charge in [0, 0.05) is 13.1 Å². The highest BCUT2D eigenvalue weighted by atomic mass is 16.5. The van der Waals surface area contributed by atoms with Crippen LogP contribution in [-0.2, 0) is 4.79 Å². The van der Waals surface area contributed by atoms with E-state index >= 15 is 0 Å². The largest absolute Gasteiger partial charge is 0.484 e. The van der Waals surface area contributed by atoms with E-state index in [9.17, 15) is 9.90 Å². The Labute approximate surface area is 142 Å². The van der Waals surface area contributed by atoms with Crippen LogP contribution in [0.1, 0.15) is 30.1 Å². The maximum absolute atomic E-state index is 10.7. The van der Waals surface area contributed by atoms with E-state index in [0.717, 1.165) is 17.7 Å². The number of nitrogens with one attached hydrogen (secondary N) is 1. The Balaban J connectivity index is 1.77. The molecule has 0 aliphatic heterocycles. The van der Waals surface area contributed by atoms with Gasteiger partial charge in [-0.3, -0.25) is 4.79 Å². The molecular weight excluding hydrogens is 304 g/mol. The molecule has 0 bridgehead atoms. The molecule has 2 atom stereocenters. The number of amides is 1. The van der Waals surface area contributed by atoms with Crippen LogP contribution in [0.4, 0.5) is 0 Å². The lowest BCUT2D eigenvalue weighted by Crippen LogP contribution is -2.25. The van der Waals surface area contributed by atoms with Crippen molar-refractivity contribution in [3.63, 3.8) is 0 Å². The fourth-order valence-electron chi connectivity index (χ4n) is 2.39. The Morgan fingerprint density at radius 3 is 2.38 bits per heavy atom. The molecule has 128 valence electrons. The molecular formula is C19H24N2O3. The van der Waals surface area contributed by atoms with E-state index in [1.165, 1.54) is 0 Å². The summed E-state index contributed by atoms with van der Waals surface area (Å²) in [6, 6.07) is 17.2. The van der Waals surface area contributed by atoms with E-state index in [4.69, 9.17) is 10.5 Å². The molecule has 2 rings (SSSR count). The van der Waals surface area contributed by atoms with Crippen LogP contribution in [0, 0.1) is 0 Å². The quantitative estimate of drug-likeness (QED) is 0.657. The van der Waals surface area contributed by atoms with Crippen molar-refractivity contribution in [2.75, 3.05) is 19.7 Å². The average Bonchev–Trinajstić information content (AvgIpc) is 2.61. The summed E-state index contributed by atoms with van der Waals surface area (Å²) in [6.07, 6.45) is -0.511. The third-order valence-electron chi connectivity index (χ3n) is 3.80. The van der Waals surface area contributed by atoms with E-state index in [1.54, 1.807) is 0 Å². The van der Waals surface area contributed by atoms with Crippen molar-refractivity contribution >= 4 is 5.91 Å². The second-order valence-corrected chi connectivity index (χ2v) is 5.81. The van der Waals surface area contributed by atoms with Crippen molar-refractivity contribution < 1.29 is 14.6 Å². The van der Waals surface area contributed by atoms with Gasteiger partial charge in [0.2, 0.25) is 0 Å². The summed E-state index contributed by atoms with van der Waals surface area (Å²) in [7, 11) is 0. The Morgan fingerprint density at radius 2 is 1.75 bits per heavy atom. The zero-order chi connectivity index (χ0) is 17.4. The second-order valence-electron chi connectivity index (χ2n) is 5.81. The molecule has 24 heavy (non-hydrogen) atoms. The van der Waals surface area contributed by atoms with Gasteiger partial charge in [-0.2, -0.15) is 0 Å².